The summed E-state index contributed by atoms with van der Waals surface area (Å²) in [6.07, 6.45) is 4.18. The Labute approximate surface area is 107 Å². The van der Waals surface area contributed by atoms with Crippen molar-refractivity contribution >= 4 is 23.2 Å². The standard InChI is InChI=1S/C13H18Cl2O/c1-2-3-4-10(9-16)7-11-5-6-12(14)8-13(11)15/h5-6,8,10,16H,2-4,7,9H2,1H3. The molecule has 3 heteroatoms. The van der Waals surface area contributed by atoms with Crippen LogP contribution >= 0.6 is 23.2 Å². The Morgan fingerprint density at radius 3 is 2.62 bits per heavy atom. The predicted molar refractivity (Wildman–Crippen MR) is 70.3 cm³/mol. The van der Waals surface area contributed by atoms with Gasteiger partial charge in [0.1, 0.15) is 0 Å². The number of hydrogen-bond acceptors (Lipinski definition) is 1. The quantitative estimate of drug-likeness (QED) is 0.807. The lowest BCUT2D eigenvalue weighted by atomic mass is 9.95. The average molecular weight is 261 g/mol. The van der Waals surface area contributed by atoms with Crippen LogP contribution in [0.25, 0.3) is 0 Å². The maximum Gasteiger partial charge on any atom is 0.0462 e. The van der Waals surface area contributed by atoms with Crippen molar-refractivity contribution in [3.05, 3.63) is 33.8 Å². The van der Waals surface area contributed by atoms with Gasteiger partial charge in [0.2, 0.25) is 0 Å². The first-order valence-corrected chi connectivity index (χ1v) is 6.47. The molecule has 0 bridgehead atoms. The fourth-order valence-electron chi connectivity index (χ4n) is 1.75. The van der Waals surface area contributed by atoms with Crippen molar-refractivity contribution in [2.24, 2.45) is 5.92 Å². The summed E-state index contributed by atoms with van der Waals surface area (Å²) in [6.45, 7) is 2.38. The van der Waals surface area contributed by atoms with Gasteiger partial charge in [-0.1, -0.05) is 49.0 Å². The Hall–Kier alpha value is -0.240. The monoisotopic (exact) mass is 260 g/mol. The topological polar surface area (TPSA) is 20.2 Å². The van der Waals surface area contributed by atoms with Crippen LogP contribution in [0.15, 0.2) is 18.2 Å². The maximum absolute atomic E-state index is 9.29. The minimum Gasteiger partial charge on any atom is -0.396 e. The fourth-order valence-corrected chi connectivity index (χ4v) is 2.23. The molecule has 1 nitrogen and oxygen atoms in total. The summed E-state index contributed by atoms with van der Waals surface area (Å²) in [6, 6.07) is 5.54. The van der Waals surface area contributed by atoms with E-state index in [2.05, 4.69) is 6.92 Å². The highest BCUT2D eigenvalue weighted by molar-refractivity contribution is 6.35. The number of unbranched alkanes of at least 4 members (excludes halogenated alkanes) is 1. The molecule has 90 valence electrons. The van der Waals surface area contributed by atoms with Crippen LogP contribution in [0.4, 0.5) is 0 Å². The van der Waals surface area contributed by atoms with E-state index in [1.165, 1.54) is 0 Å². The number of halogens is 2. The molecule has 1 aromatic rings. The molecule has 0 radical (unpaired) electrons. The summed E-state index contributed by atoms with van der Waals surface area (Å²) in [5.74, 6) is 0.304. The van der Waals surface area contributed by atoms with E-state index in [0.29, 0.717) is 16.0 Å². The van der Waals surface area contributed by atoms with Crippen LogP contribution in [-0.2, 0) is 6.42 Å². The number of hydrogen-bond donors (Lipinski definition) is 1. The maximum atomic E-state index is 9.29. The zero-order valence-electron chi connectivity index (χ0n) is 9.55. The SMILES string of the molecule is CCCCC(CO)Cc1ccc(Cl)cc1Cl. The third kappa shape index (κ3) is 4.32. The Kier molecular flexibility index (Phi) is 6.18. The summed E-state index contributed by atoms with van der Waals surface area (Å²) in [5.41, 5.74) is 1.07. The van der Waals surface area contributed by atoms with Gasteiger partial charge in [0.05, 0.1) is 0 Å². The first kappa shape index (κ1) is 13.8. The Balaban J connectivity index is 2.62. The molecular formula is C13H18Cl2O. The highest BCUT2D eigenvalue weighted by Crippen LogP contribution is 2.24. The highest BCUT2D eigenvalue weighted by Gasteiger charge is 2.10. The van der Waals surface area contributed by atoms with Crippen molar-refractivity contribution in [2.45, 2.75) is 32.6 Å². The number of benzene rings is 1. The lowest BCUT2D eigenvalue weighted by Crippen LogP contribution is -2.09. The van der Waals surface area contributed by atoms with Crippen molar-refractivity contribution in [1.29, 1.82) is 0 Å². The first-order valence-electron chi connectivity index (χ1n) is 5.72. The second-order valence-electron chi connectivity index (χ2n) is 4.13. The summed E-state index contributed by atoms with van der Waals surface area (Å²) in [4.78, 5) is 0. The summed E-state index contributed by atoms with van der Waals surface area (Å²) >= 11 is 11.9. The van der Waals surface area contributed by atoms with Crippen LogP contribution in [0.1, 0.15) is 31.7 Å². The molecule has 0 saturated carbocycles. The predicted octanol–water partition coefficient (Wildman–Crippen LogP) is 4.33. The van der Waals surface area contributed by atoms with Gasteiger partial charge in [0, 0.05) is 16.7 Å². The van der Waals surface area contributed by atoms with Gasteiger partial charge in [-0.2, -0.15) is 0 Å². The molecule has 16 heavy (non-hydrogen) atoms. The Morgan fingerprint density at radius 2 is 2.06 bits per heavy atom. The van der Waals surface area contributed by atoms with Crippen LogP contribution in [0.5, 0.6) is 0 Å². The second-order valence-corrected chi connectivity index (χ2v) is 4.97. The zero-order chi connectivity index (χ0) is 12.0. The Bertz CT molecular complexity index is 326. The van der Waals surface area contributed by atoms with E-state index in [0.717, 1.165) is 31.2 Å². The molecule has 1 N–H and O–H groups in total. The van der Waals surface area contributed by atoms with Crippen molar-refractivity contribution in [1.82, 2.24) is 0 Å². The molecule has 0 heterocycles. The molecular weight excluding hydrogens is 243 g/mol. The van der Waals surface area contributed by atoms with Gasteiger partial charge < -0.3 is 5.11 Å². The minimum atomic E-state index is 0.221. The second kappa shape index (κ2) is 7.16. The van der Waals surface area contributed by atoms with Gasteiger partial charge in [-0.15, -0.1) is 0 Å². The summed E-state index contributed by atoms with van der Waals surface area (Å²) in [7, 11) is 0. The van der Waals surface area contributed by atoms with Crippen molar-refractivity contribution < 1.29 is 5.11 Å². The van der Waals surface area contributed by atoms with Gasteiger partial charge in [0.15, 0.2) is 0 Å². The molecule has 1 rings (SSSR count). The highest BCUT2D eigenvalue weighted by atomic mass is 35.5. The lowest BCUT2D eigenvalue weighted by Gasteiger charge is -2.14. The molecule has 0 spiro atoms. The smallest absolute Gasteiger partial charge is 0.0462 e. The zero-order valence-corrected chi connectivity index (χ0v) is 11.1. The van der Waals surface area contributed by atoms with Gasteiger partial charge in [-0.25, -0.2) is 0 Å². The van der Waals surface area contributed by atoms with Gasteiger partial charge in [0.25, 0.3) is 0 Å². The molecule has 1 atom stereocenters. The van der Waals surface area contributed by atoms with E-state index in [9.17, 15) is 5.11 Å². The summed E-state index contributed by atoms with van der Waals surface area (Å²) < 4.78 is 0. The first-order chi connectivity index (χ1) is 7.67. The van der Waals surface area contributed by atoms with E-state index in [-0.39, 0.29) is 6.61 Å². The van der Waals surface area contributed by atoms with Crippen molar-refractivity contribution in [3.63, 3.8) is 0 Å². The number of aliphatic hydroxyl groups excluding tert-OH is 1. The van der Waals surface area contributed by atoms with Gasteiger partial charge >= 0.3 is 0 Å². The molecule has 0 aliphatic rings. The number of rotatable bonds is 6. The van der Waals surface area contributed by atoms with Crippen LogP contribution in [0, 0.1) is 5.92 Å². The van der Waals surface area contributed by atoms with Crippen LogP contribution in [-0.4, -0.2) is 11.7 Å². The fraction of sp³-hybridized carbons (Fsp3) is 0.538. The van der Waals surface area contributed by atoms with E-state index in [4.69, 9.17) is 23.2 Å². The van der Waals surface area contributed by atoms with Crippen molar-refractivity contribution in [2.75, 3.05) is 6.61 Å². The molecule has 0 fully saturated rings. The molecule has 0 aliphatic carbocycles. The van der Waals surface area contributed by atoms with E-state index in [1.54, 1.807) is 6.07 Å². The van der Waals surface area contributed by atoms with E-state index in [1.807, 2.05) is 12.1 Å². The average Bonchev–Trinajstić information content (AvgIpc) is 2.27. The summed E-state index contributed by atoms with van der Waals surface area (Å²) in [5, 5.41) is 10.6. The normalized spacial score (nSPS) is 12.8. The van der Waals surface area contributed by atoms with Crippen LogP contribution < -0.4 is 0 Å². The van der Waals surface area contributed by atoms with E-state index < -0.39 is 0 Å². The van der Waals surface area contributed by atoms with Crippen molar-refractivity contribution in [3.8, 4) is 0 Å². The van der Waals surface area contributed by atoms with Gasteiger partial charge in [-0.3, -0.25) is 0 Å². The van der Waals surface area contributed by atoms with Gasteiger partial charge in [-0.05, 0) is 36.5 Å². The number of aliphatic hydroxyl groups is 1. The molecule has 0 aromatic heterocycles. The van der Waals surface area contributed by atoms with Crippen LogP contribution in [0.2, 0.25) is 10.0 Å². The van der Waals surface area contributed by atoms with Crippen LogP contribution in [0.3, 0.4) is 0 Å². The van der Waals surface area contributed by atoms with E-state index >= 15 is 0 Å². The molecule has 1 unspecified atom stereocenters. The minimum absolute atomic E-state index is 0.221. The third-order valence-electron chi connectivity index (χ3n) is 2.75. The largest absolute Gasteiger partial charge is 0.396 e. The molecule has 0 amide bonds. The Morgan fingerprint density at radius 1 is 1.31 bits per heavy atom. The molecule has 0 saturated heterocycles. The third-order valence-corrected chi connectivity index (χ3v) is 3.33. The molecule has 1 aromatic carbocycles. The molecule has 0 aliphatic heterocycles. The lowest BCUT2D eigenvalue weighted by molar-refractivity contribution is 0.215.